The van der Waals surface area contributed by atoms with Gasteiger partial charge in [0, 0.05) is 49.3 Å². The van der Waals surface area contributed by atoms with Crippen molar-refractivity contribution in [3.05, 3.63) is 129 Å². The summed E-state index contributed by atoms with van der Waals surface area (Å²) in [4.78, 5) is 28.5. The average Bonchev–Trinajstić information content (AvgIpc) is 3.66. The van der Waals surface area contributed by atoms with Gasteiger partial charge in [-0.25, -0.2) is 0 Å². The molecule has 2 aromatic carbocycles. The number of carbonyl (C=O) groups excluding carboxylic acids is 2. The Morgan fingerprint density at radius 1 is 1.00 bits per heavy atom. The van der Waals surface area contributed by atoms with Crippen LogP contribution >= 0.6 is 0 Å². The molecule has 3 aliphatic heterocycles. The number of Topliss-reactive ketones (excluding diaryl/α,β-unsaturated/α-hetero) is 1. The molecule has 0 radical (unpaired) electrons. The molecule has 0 aromatic heterocycles. The molecule has 3 heterocycles. The van der Waals surface area contributed by atoms with Crippen molar-refractivity contribution in [2.75, 3.05) is 33.4 Å². The van der Waals surface area contributed by atoms with Gasteiger partial charge in [0.2, 0.25) is 5.91 Å². The van der Waals surface area contributed by atoms with Crippen LogP contribution in [0.1, 0.15) is 126 Å². The zero-order chi connectivity index (χ0) is 50.2. The molecule has 10 N–H and O–H groups in total. The Morgan fingerprint density at radius 2 is 1.79 bits per heavy atom. The van der Waals surface area contributed by atoms with E-state index in [9.17, 15) is 30.0 Å². The molecule has 12 heteroatoms. The number of nitrogens with one attached hydrogen (secondary N) is 4. The van der Waals surface area contributed by atoms with Crippen LogP contribution in [0.4, 0.5) is 0 Å². The maximum Gasteiger partial charge on any atom is 0.243 e. The number of rotatable bonds is 5. The van der Waals surface area contributed by atoms with E-state index in [4.69, 9.17) is 10.5 Å². The molecule has 2 bridgehead atoms. The third kappa shape index (κ3) is 12.2. The van der Waals surface area contributed by atoms with Gasteiger partial charge in [-0.2, -0.15) is 0 Å². The molecule has 2 aliphatic carbocycles. The van der Waals surface area contributed by atoms with E-state index in [1.807, 2.05) is 75.5 Å². The van der Waals surface area contributed by atoms with Crippen molar-refractivity contribution in [1.82, 2.24) is 21.3 Å². The number of hydrogen-bond acceptors (Lipinski definition) is 11. The van der Waals surface area contributed by atoms with Crippen molar-refractivity contribution in [1.29, 1.82) is 0 Å². The van der Waals surface area contributed by atoms with Crippen molar-refractivity contribution < 1.29 is 34.8 Å². The number of ether oxygens (including phenoxy) is 1. The zero-order valence-corrected chi connectivity index (χ0v) is 42.2. The Bertz CT molecular complexity index is 2410. The fraction of sp³-hybridized carbons (Fsp3) is 0.552. The van der Waals surface area contributed by atoms with Gasteiger partial charge in [-0.3, -0.25) is 14.9 Å². The highest BCUT2D eigenvalue weighted by Gasteiger charge is 2.64. The SMILES string of the molecule is C=C1C=CC=C(C2CCC3(C4CCC(O)Cc5cccc(c5)CCC(O)CNC5C(=O)NC(N)c6cccc(c65)CC(=O)C(C)=C4CCC3(C)O)C2O)COCC#CCC(C)=CCC1NC(C)CNC. The molecule has 2 aromatic rings. The lowest BCUT2D eigenvalue weighted by Gasteiger charge is -2.56. The van der Waals surface area contributed by atoms with Crippen molar-refractivity contribution in [2.24, 2.45) is 23.0 Å². The van der Waals surface area contributed by atoms with Gasteiger partial charge in [-0.1, -0.05) is 96.3 Å². The van der Waals surface area contributed by atoms with Gasteiger partial charge in [0.05, 0.1) is 30.5 Å². The smallest absolute Gasteiger partial charge is 0.243 e. The summed E-state index contributed by atoms with van der Waals surface area (Å²) in [5.74, 6) is 5.18. The van der Waals surface area contributed by atoms with Crippen LogP contribution in [-0.2, 0) is 33.6 Å². The van der Waals surface area contributed by atoms with Gasteiger partial charge in [0.25, 0.3) is 0 Å². The second kappa shape index (κ2) is 23.8. The molecule has 1 spiro atoms. The lowest BCUT2D eigenvalue weighted by Crippen LogP contribution is -2.59. The van der Waals surface area contributed by atoms with E-state index in [1.165, 1.54) is 5.57 Å². The van der Waals surface area contributed by atoms with Crippen molar-refractivity contribution >= 4 is 11.7 Å². The molecular weight excluding hydrogens is 879 g/mol. The fourth-order valence-corrected chi connectivity index (χ4v) is 12.2. The highest BCUT2D eigenvalue weighted by molar-refractivity contribution is 5.98. The minimum absolute atomic E-state index is 0.00282. The van der Waals surface area contributed by atoms with E-state index in [-0.39, 0.29) is 55.9 Å². The number of benzene rings is 2. The highest BCUT2D eigenvalue weighted by atomic mass is 16.5. The predicted octanol–water partition coefficient (Wildman–Crippen LogP) is 5.81. The number of ketones is 1. The standard InChI is InChI=1S/C58H79N5O7/c1-36-12-7-8-29-70-35-43(17-9-13-37(2)50(24-19-36)62-38(3)33-60-6)47-26-28-58(54(47)67)49-23-22-44(64)31-41-15-10-14-40(30-41)20-21-45(65)34-61-53-52-42(16-11-18-48(52)55(59)63-56(53)68)32-51(66)39(4)46(49)25-27-57(58,5)69/h9-11,13-19,30,38,44-45,47,49-50,53-55,60-62,64-65,67,69H,2,12,20-29,31-35,59H2,1,3-6H3,(H,63,68). The van der Waals surface area contributed by atoms with E-state index in [2.05, 4.69) is 65.7 Å². The Balaban J connectivity index is 1.27. The van der Waals surface area contributed by atoms with Crippen LogP contribution in [0.5, 0.6) is 0 Å². The predicted molar refractivity (Wildman–Crippen MR) is 276 cm³/mol. The molecule has 70 heavy (non-hydrogen) atoms. The number of aryl methyl sites for hydroxylation is 1. The molecule has 378 valence electrons. The lowest BCUT2D eigenvalue weighted by molar-refractivity contribution is -0.168. The molecule has 11 atom stereocenters. The first-order valence-electron chi connectivity index (χ1n) is 25.7. The van der Waals surface area contributed by atoms with Crippen LogP contribution in [-0.4, -0.2) is 101 Å². The molecule has 5 aliphatic rings. The van der Waals surface area contributed by atoms with Crippen molar-refractivity contribution in [3.63, 3.8) is 0 Å². The second-order valence-corrected chi connectivity index (χ2v) is 21.1. The first-order chi connectivity index (χ1) is 33.5. The highest BCUT2D eigenvalue weighted by Crippen LogP contribution is 2.63. The number of carbonyl (C=O) groups is 2. The Hall–Kier alpha value is -4.52. The zero-order valence-electron chi connectivity index (χ0n) is 42.2. The minimum atomic E-state index is -1.32. The third-order valence-electron chi connectivity index (χ3n) is 16.1. The number of β-amino-alcohol motifs (C(OH)–C–C–N with tert-alkyl or cyclic N) is 1. The van der Waals surface area contributed by atoms with E-state index in [0.29, 0.717) is 86.5 Å². The number of allylic oxidation sites excluding steroid dienone is 5. The van der Waals surface area contributed by atoms with Crippen molar-refractivity contribution in [2.45, 2.75) is 153 Å². The number of fused-ring (bicyclic) bond motifs is 4. The van der Waals surface area contributed by atoms with E-state index in [0.717, 1.165) is 40.8 Å². The molecule has 11 unspecified atom stereocenters. The summed E-state index contributed by atoms with van der Waals surface area (Å²) in [7, 11) is 1.94. The van der Waals surface area contributed by atoms with Crippen LogP contribution in [0, 0.1) is 29.1 Å². The number of amides is 1. The average molecular weight is 958 g/mol. The maximum atomic E-state index is 14.9. The van der Waals surface area contributed by atoms with E-state index < -0.39 is 47.5 Å². The fourth-order valence-electron chi connectivity index (χ4n) is 12.2. The van der Waals surface area contributed by atoms with Crippen LogP contribution in [0.3, 0.4) is 0 Å². The summed E-state index contributed by atoms with van der Waals surface area (Å²) in [5.41, 5.74) is 12.6. The van der Waals surface area contributed by atoms with E-state index >= 15 is 0 Å². The summed E-state index contributed by atoms with van der Waals surface area (Å²) in [6, 6.07) is 13.0. The van der Waals surface area contributed by atoms with Gasteiger partial charge < -0.3 is 46.8 Å². The first-order valence-corrected chi connectivity index (χ1v) is 25.7. The molecule has 12 nitrogen and oxygen atoms in total. The van der Waals surface area contributed by atoms with Gasteiger partial charge in [0.15, 0.2) is 5.78 Å². The lowest BCUT2D eigenvalue weighted by atomic mass is 9.52. The minimum Gasteiger partial charge on any atom is -0.393 e. The summed E-state index contributed by atoms with van der Waals surface area (Å²) < 4.78 is 6.24. The van der Waals surface area contributed by atoms with Crippen LogP contribution in [0.2, 0.25) is 0 Å². The number of hydrogen-bond donors (Lipinski definition) is 9. The maximum absolute atomic E-state index is 14.9. The van der Waals surface area contributed by atoms with Crippen LogP contribution in [0.15, 0.2) is 101 Å². The molecule has 1 amide bonds. The first kappa shape index (κ1) is 53.3. The summed E-state index contributed by atoms with van der Waals surface area (Å²) in [5, 5.41) is 62.0. The molecule has 2 fully saturated rings. The molecule has 7 rings (SSSR count). The third-order valence-corrected chi connectivity index (χ3v) is 16.1. The Morgan fingerprint density at radius 3 is 2.59 bits per heavy atom. The van der Waals surface area contributed by atoms with Crippen LogP contribution < -0.4 is 27.0 Å². The van der Waals surface area contributed by atoms with Gasteiger partial charge in [0.1, 0.15) is 18.8 Å². The van der Waals surface area contributed by atoms with Gasteiger partial charge in [-0.05, 0) is 149 Å². The van der Waals surface area contributed by atoms with E-state index in [1.54, 1.807) is 0 Å². The van der Waals surface area contributed by atoms with Crippen LogP contribution in [0.25, 0.3) is 0 Å². The number of likely N-dealkylation sites (N-methyl/N-ethyl adjacent to an activating group) is 1. The Kier molecular flexibility index (Phi) is 18.1. The second-order valence-electron chi connectivity index (χ2n) is 21.1. The largest absolute Gasteiger partial charge is 0.393 e. The monoisotopic (exact) mass is 958 g/mol. The Labute approximate surface area is 416 Å². The topological polar surface area (TPSA) is 198 Å². The molecule has 2 saturated carbocycles. The number of aliphatic hydroxyl groups excluding tert-OH is 3. The van der Waals surface area contributed by atoms with Crippen molar-refractivity contribution in [3.8, 4) is 11.8 Å². The normalized spacial score (nSPS) is 32.5. The quantitative estimate of drug-likeness (QED) is 0.130. The molecular formula is C58H79N5O7. The number of aliphatic hydroxyl groups is 4. The van der Waals surface area contributed by atoms with Gasteiger partial charge >= 0.3 is 0 Å². The summed E-state index contributed by atoms with van der Waals surface area (Å²) in [6.45, 7) is 13.9. The number of nitrogens with two attached hydrogens (primary N) is 1. The summed E-state index contributed by atoms with van der Waals surface area (Å²) >= 11 is 0. The van der Waals surface area contributed by atoms with Gasteiger partial charge in [-0.15, -0.1) is 0 Å². The molecule has 0 saturated heterocycles. The summed E-state index contributed by atoms with van der Waals surface area (Å²) in [6.07, 6.45) is 10.6.